The van der Waals surface area contributed by atoms with Gasteiger partial charge in [0.2, 0.25) is 5.75 Å². The van der Waals surface area contributed by atoms with Gasteiger partial charge in [0.1, 0.15) is 6.61 Å². The fourth-order valence-electron chi connectivity index (χ4n) is 1.85. The third-order valence-electron chi connectivity index (χ3n) is 2.82. The van der Waals surface area contributed by atoms with Crippen molar-refractivity contribution in [3.63, 3.8) is 0 Å². The minimum atomic E-state index is -0.394. The van der Waals surface area contributed by atoms with Crippen LogP contribution in [0.15, 0.2) is 12.1 Å². The van der Waals surface area contributed by atoms with E-state index in [0.29, 0.717) is 36.5 Å². The maximum Gasteiger partial charge on any atom is 0.203 e. The number of rotatable bonds is 8. The van der Waals surface area contributed by atoms with Gasteiger partial charge in [0, 0.05) is 6.42 Å². The number of benzene rings is 1. The summed E-state index contributed by atoms with van der Waals surface area (Å²) in [5.41, 5.74) is 1.00. The number of hydrogen-bond acceptors (Lipinski definition) is 5. The highest BCUT2D eigenvalue weighted by atomic mass is 16.5. The van der Waals surface area contributed by atoms with Crippen molar-refractivity contribution >= 4 is 5.78 Å². The molecule has 0 aromatic heterocycles. The van der Waals surface area contributed by atoms with E-state index in [1.54, 1.807) is 21.3 Å². The highest BCUT2D eigenvalue weighted by Gasteiger charge is 2.13. The molecule has 1 rings (SSSR count). The SMILES string of the molecule is COc1cc(CCCC(=O)CO)cc(OC)c1OC. The van der Waals surface area contributed by atoms with Crippen LogP contribution in [0.1, 0.15) is 18.4 Å². The first kappa shape index (κ1) is 15.3. The molecule has 0 saturated carbocycles. The molecule has 0 aliphatic heterocycles. The van der Waals surface area contributed by atoms with Crippen LogP contribution in [-0.4, -0.2) is 38.8 Å². The van der Waals surface area contributed by atoms with E-state index in [9.17, 15) is 4.79 Å². The predicted octanol–water partition coefficient (Wildman–Crippen LogP) is 1.60. The number of ether oxygens (including phenoxy) is 3. The molecule has 1 aromatic carbocycles. The van der Waals surface area contributed by atoms with Gasteiger partial charge in [0.05, 0.1) is 21.3 Å². The topological polar surface area (TPSA) is 65.0 Å². The largest absolute Gasteiger partial charge is 0.493 e. The number of aliphatic hydroxyl groups excluding tert-OH is 1. The Hall–Kier alpha value is -1.75. The van der Waals surface area contributed by atoms with Crippen molar-refractivity contribution < 1.29 is 24.1 Å². The van der Waals surface area contributed by atoms with Crippen molar-refractivity contribution in [2.75, 3.05) is 27.9 Å². The average Bonchev–Trinajstić information content (AvgIpc) is 2.45. The number of hydrogen-bond donors (Lipinski definition) is 1. The van der Waals surface area contributed by atoms with Crippen LogP contribution in [0.3, 0.4) is 0 Å². The Labute approximate surface area is 113 Å². The third-order valence-corrected chi connectivity index (χ3v) is 2.82. The van der Waals surface area contributed by atoms with E-state index in [1.807, 2.05) is 12.1 Å². The van der Waals surface area contributed by atoms with Gasteiger partial charge >= 0.3 is 0 Å². The zero-order valence-corrected chi connectivity index (χ0v) is 11.6. The van der Waals surface area contributed by atoms with Crippen molar-refractivity contribution in [1.29, 1.82) is 0 Å². The Balaban J connectivity index is 2.81. The van der Waals surface area contributed by atoms with Gasteiger partial charge in [0.25, 0.3) is 0 Å². The molecule has 0 saturated heterocycles. The maximum atomic E-state index is 11.0. The second-order valence-electron chi connectivity index (χ2n) is 4.08. The smallest absolute Gasteiger partial charge is 0.203 e. The summed E-state index contributed by atoms with van der Waals surface area (Å²) in [6.07, 6.45) is 1.76. The summed E-state index contributed by atoms with van der Waals surface area (Å²) in [5.74, 6) is 1.61. The standard InChI is InChI=1S/C14H20O5/c1-17-12-7-10(5-4-6-11(16)9-15)8-13(18-2)14(12)19-3/h7-8,15H,4-6,9H2,1-3H3. The maximum absolute atomic E-state index is 11.0. The summed E-state index contributed by atoms with van der Waals surface area (Å²) in [6.45, 7) is -0.394. The Morgan fingerprint density at radius 1 is 1.11 bits per heavy atom. The molecule has 0 heterocycles. The number of aryl methyl sites for hydroxylation is 1. The molecule has 0 fully saturated rings. The molecule has 1 N–H and O–H groups in total. The van der Waals surface area contributed by atoms with Crippen LogP contribution in [0.4, 0.5) is 0 Å². The Morgan fingerprint density at radius 3 is 2.11 bits per heavy atom. The molecular weight excluding hydrogens is 248 g/mol. The van der Waals surface area contributed by atoms with Gasteiger partial charge in [-0.15, -0.1) is 0 Å². The molecule has 0 aliphatic carbocycles. The van der Waals surface area contributed by atoms with Crippen molar-refractivity contribution in [2.24, 2.45) is 0 Å². The van der Waals surface area contributed by atoms with Crippen molar-refractivity contribution in [2.45, 2.75) is 19.3 Å². The molecule has 5 nitrogen and oxygen atoms in total. The van der Waals surface area contributed by atoms with Gasteiger partial charge in [-0.1, -0.05) is 0 Å². The van der Waals surface area contributed by atoms with Gasteiger partial charge in [-0.25, -0.2) is 0 Å². The lowest BCUT2D eigenvalue weighted by molar-refractivity contribution is -0.121. The molecule has 0 radical (unpaired) electrons. The lowest BCUT2D eigenvalue weighted by Gasteiger charge is -2.14. The quantitative estimate of drug-likeness (QED) is 0.775. The number of Topliss-reactive ketones (excluding diaryl/α,β-unsaturated/α-hetero) is 1. The first-order chi connectivity index (χ1) is 9.15. The summed E-state index contributed by atoms with van der Waals surface area (Å²) >= 11 is 0. The fraction of sp³-hybridized carbons (Fsp3) is 0.500. The van der Waals surface area contributed by atoms with Crippen molar-refractivity contribution in [1.82, 2.24) is 0 Å². The van der Waals surface area contributed by atoms with E-state index in [4.69, 9.17) is 19.3 Å². The van der Waals surface area contributed by atoms with Crippen LogP contribution in [0.2, 0.25) is 0 Å². The van der Waals surface area contributed by atoms with Crippen LogP contribution in [-0.2, 0) is 11.2 Å². The average molecular weight is 268 g/mol. The third kappa shape index (κ3) is 4.13. The van der Waals surface area contributed by atoms with Crippen LogP contribution < -0.4 is 14.2 Å². The van der Waals surface area contributed by atoms with E-state index in [2.05, 4.69) is 0 Å². The van der Waals surface area contributed by atoms with Gasteiger partial charge in [-0.05, 0) is 30.5 Å². The molecule has 0 atom stereocenters. The first-order valence-electron chi connectivity index (χ1n) is 6.07. The highest BCUT2D eigenvalue weighted by molar-refractivity contribution is 5.79. The molecule has 0 spiro atoms. The molecular formula is C14H20O5. The number of carbonyl (C=O) groups is 1. The Kier molecular flexibility index (Phi) is 6.15. The monoisotopic (exact) mass is 268 g/mol. The second kappa shape index (κ2) is 7.63. The number of aliphatic hydroxyl groups is 1. The molecule has 0 unspecified atom stereocenters. The molecule has 19 heavy (non-hydrogen) atoms. The summed E-state index contributed by atoms with van der Waals surface area (Å²) in [7, 11) is 4.69. The zero-order chi connectivity index (χ0) is 14.3. The van der Waals surface area contributed by atoms with E-state index >= 15 is 0 Å². The van der Waals surface area contributed by atoms with Crippen molar-refractivity contribution in [3.8, 4) is 17.2 Å². The summed E-state index contributed by atoms with van der Waals surface area (Å²) < 4.78 is 15.7. The molecule has 0 bridgehead atoms. The number of ketones is 1. The van der Waals surface area contributed by atoms with Crippen LogP contribution in [0, 0.1) is 0 Å². The lowest BCUT2D eigenvalue weighted by atomic mass is 10.1. The van der Waals surface area contributed by atoms with Gasteiger partial charge in [-0.3, -0.25) is 4.79 Å². The van der Waals surface area contributed by atoms with E-state index in [-0.39, 0.29) is 5.78 Å². The molecule has 0 amide bonds. The molecule has 106 valence electrons. The summed E-state index contributed by atoms with van der Waals surface area (Å²) in [5, 5.41) is 8.66. The van der Waals surface area contributed by atoms with Crippen LogP contribution in [0.5, 0.6) is 17.2 Å². The molecule has 5 heteroatoms. The normalized spacial score (nSPS) is 10.1. The lowest BCUT2D eigenvalue weighted by Crippen LogP contribution is -2.04. The zero-order valence-electron chi connectivity index (χ0n) is 11.6. The molecule has 1 aromatic rings. The molecule has 0 aliphatic rings. The highest BCUT2D eigenvalue weighted by Crippen LogP contribution is 2.38. The summed E-state index contributed by atoms with van der Waals surface area (Å²) in [4.78, 5) is 11.0. The Morgan fingerprint density at radius 2 is 1.68 bits per heavy atom. The van der Waals surface area contributed by atoms with E-state index in [0.717, 1.165) is 5.56 Å². The van der Waals surface area contributed by atoms with Gasteiger partial charge < -0.3 is 19.3 Å². The van der Waals surface area contributed by atoms with E-state index in [1.165, 1.54) is 0 Å². The summed E-state index contributed by atoms with van der Waals surface area (Å²) in [6, 6.07) is 3.73. The van der Waals surface area contributed by atoms with E-state index < -0.39 is 6.61 Å². The fourth-order valence-corrected chi connectivity index (χ4v) is 1.85. The number of carbonyl (C=O) groups excluding carboxylic acids is 1. The van der Waals surface area contributed by atoms with Crippen LogP contribution in [0.25, 0.3) is 0 Å². The first-order valence-corrected chi connectivity index (χ1v) is 6.07. The van der Waals surface area contributed by atoms with Gasteiger partial charge in [-0.2, -0.15) is 0 Å². The Bertz CT molecular complexity index is 403. The minimum absolute atomic E-state index is 0.146. The van der Waals surface area contributed by atoms with Gasteiger partial charge in [0.15, 0.2) is 17.3 Å². The minimum Gasteiger partial charge on any atom is -0.493 e. The predicted molar refractivity (Wildman–Crippen MR) is 71.1 cm³/mol. The van der Waals surface area contributed by atoms with Crippen molar-refractivity contribution in [3.05, 3.63) is 17.7 Å². The number of methoxy groups -OCH3 is 3. The van der Waals surface area contributed by atoms with Crippen LogP contribution >= 0.6 is 0 Å². The second-order valence-corrected chi connectivity index (χ2v) is 4.08.